The Morgan fingerprint density at radius 3 is 2.12 bits per heavy atom. The summed E-state index contributed by atoms with van der Waals surface area (Å²) in [5.74, 6) is 0.0420. The van der Waals surface area contributed by atoms with Gasteiger partial charge in [-0.1, -0.05) is 20.8 Å². The van der Waals surface area contributed by atoms with E-state index in [1.165, 1.54) is 12.8 Å². The lowest BCUT2D eigenvalue weighted by Crippen LogP contribution is -2.27. The number of anilines is 2. The Labute approximate surface area is 103 Å². The van der Waals surface area contributed by atoms with Crippen LogP contribution in [0.3, 0.4) is 0 Å². The molecule has 17 heavy (non-hydrogen) atoms. The zero-order chi connectivity index (χ0) is 12.5. The van der Waals surface area contributed by atoms with Crippen molar-refractivity contribution >= 4 is 17.3 Å². The van der Waals surface area contributed by atoms with Crippen LogP contribution in [0.2, 0.25) is 0 Å². The van der Waals surface area contributed by atoms with E-state index in [9.17, 15) is 4.79 Å². The quantitative estimate of drug-likeness (QED) is 0.840. The molecule has 2 rings (SSSR count). The summed E-state index contributed by atoms with van der Waals surface area (Å²) in [6.07, 6.45) is 2.53. The monoisotopic (exact) mass is 232 g/mol. The third-order valence-electron chi connectivity index (χ3n) is 2.77. The van der Waals surface area contributed by atoms with Crippen molar-refractivity contribution in [1.82, 2.24) is 0 Å². The Kier molecular flexibility index (Phi) is 3.09. The van der Waals surface area contributed by atoms with Crippen LogP contribution in [0, 0.1) is 5.41 Å². The van der Waals surface area contributed by atoms with Crippen molar-refractivity contribution in [1.29, 1.82) is 0 Å². The van der Waals surface area contributed by atoms with Gasteiger partial charge in [-0.2, -0.15) is 0 Å². The molecule has 0 aromatic heterocycles. The lowest BCUT2D eigenvalue weighted by atomic mass is 9.95. The summed E-state index contributed by atoms with van der Waals surface area (Å²) in [6.45, 7) is 5.72. The van der Waals surface area contributed by atoms with Crippen molar-refractivity contribution in [2.75, 3.05) is 10.6 Å². The Morgan fingerprint density at radius 1 is 1.12 bits per heavy atom. The first kappa shape index (κ1) is 12.0. The van der Waals surface area contributed by atoms with E-state index in [4.69, 9.17) is 0 Å². The van der Waals surface area contributed by atoms with Crippen LogP contribution >= 0.6 is 0 Å². The fourth-order valence-electron chi connectivity index (χ4n) is 1.43. The number of hydrogen-bond acceptors (Lipinski definition) is 2. The van der Waals surface area contributed by atoms with E-state index in [1.54, 1.807) is 0 Å². The van der Waals surface area contributed by atoms with Crippen LogP contribution in [0.15, 0.2) is 24.3 Å². The van der Waals surface area contributed by atoms with Gasteiger partial charge in [0.25, 0.3) is 0 Å². The highest BCUT2D eigenvalue weighted by Gasteiger charge is 2.22. The van der Waals surface area contributed by atoms with Crippen LogP contribution in [0.1, 0.15) is 33.6 Å². The number of carbonyl (C=O) groups is 1. The lowest BCUT2D eigenvalue weighted by Gasteiger charge is -2.17. The van der Waals surface area contributed by atoms with Crippen LogP contribution in [0.4, 0.5) is 11.4 Å². The highest BCUT2D eigenvalue weighted by atomic mass is 16.2. The molecule has 1 aromatic carbocycles. The summed E-state index contributed by atoms with van der Waals surface area (Å²) >= 11 is 0. The molecular weight excluding hydrogens is 212 g/mol. The molecule has 0 aliphatic heterocycles. The average molecular weight is 232 g/mol. The molecule has 0 unspecified atom stereocenters. The van der Waals surface area contributed by atoms with Crippen molar-refractivity contribution in [3.63, 3.8) is 0 Å². The second-order valence-corrected chi connectivity index (χ2v) is 5.70. The van der Waals surface area contributed by atoms with E-state index in [1.807, 2.05) is 45.0 Å². The Balaban J connectivity index is 1.95. The summed E-state index contributed by atoms with van der Waals surface area (Å²) in [7, 11) is 0. The molecule has 0 bridgehead atoms. The largest absolute Gasteiger partial charge is 0.382 e. The van der Waals surface area contributed by atoms with E-state index in [2.05, 4.69) is 10.6 Å². The van der Waals surface area contributed by atoms with Crippen molar-refractivity contribution in [3.8, 4) is 0 Å². The normalized spacial score (nSPS) is 15.5. The summed E-state index contributed by atoms with van der Waals surface area (Å²) in [4.78, 5) is 11.8. The first-order valence-corrected chi connectivity index (χ1v) is 6.13. The fourth-order valence-corrected chi connectivity index (χ4v) is 1.43. The van der Waals surface area contributed by atoms with Gasteiger partial charge in [0, 0.05) is 22.8 Å². The smallest absolute Gasteiger partial charge is 0.229 e. The third-order valence-corrected chi connectivity index (χ3v) is 2.77. The highest BCUT2D eigenvalue weighted by Crippen LogP contribution is 2.25. The summed E-state index contributed by atoms with van der Waals surface area (Å²) in [6, 6.07) is 8.56. The van der Waals surface area contributed by atoms with E-state index in [0.717, 1.165) is 11.4 Å². The summed E-state index contributed by atoms with van der Waals surface area (Å²) < 4.78 is 0. The van der Waals surface area contributed by atoms with Crippen molar-refractivity contribution < 1.29 is 4.79 Å². The number of rotatable bonds is 3. The maximum absolute atomic E-state index is 11.8. The Morgan fingerprint density at radius 2 is 1.65 bits per heavy atom. The fraction of sp³-hybridized carbons (Fsp3) is 0.500. The second kappa shape index (κ2) is 4.40. The van der Waals surface area contributed by atoms with Gasteiger partial charge in [-0.15, -0.1) is 0 Å². The molecule has 1 aromatic rings. The maximum Gasteiger partial charge on any atom is 0.229 e. The minimum absolute atomic E-state index is 0.0420. The van der Waals surface area contributed by atoms with Crippen LogP contribution in [-0.4, -0.2) is 11.9 Å². The maximum atomic E-state index is 11.8. The highest BCUT2D eigenvalue weighted by molar-refractivity contribution is 5.94. The van der Waals surface area contributed by atoms with Crippen LogP contribution < -0.4 is 10.6 Å². The van der Waals surface area contributed by atoms with Gasteiger partial charge in [0.2, 0.25) is 5.91 Å². The third kappa shape index (κ3) is 3.48. The van der Waals surface area contributed by atoms with E-state index < -0.39 is 0 Å². The predicted octanol–water partition coefficient (Wildman–Crippen LogP) is 3.25. The molecule has 3 nitrogen and oxygen atoms in total. The number of nitrogens with one attached hydrogen (secondary N) is 2. The molecule has 0 saturated heterocycles. The van der Waals surface area contributed by atoms with Crippen molar-refractivity contribution in [3.05, 3.63) is 24.3 Å². The van der Waals surface area contributed by atoms with Crippen LogP contribution in [0.5, 0.6) is 0 Å². The molecule has 0 radical (unpaired) electrons. The zero-order valence-electron chi connectivity index (χ0n) is 10.7. The standard InChI is InChI=1S/C14H20N2O/c1-14(2,3)13(17)16-12-8-6-11(7-9-12)15-10-4-5-10/h6-10,15H,4-5H2,1-3H3,(H,16,17). The Bertz CT molecular complexity index is 399. The van der Waals surface area contributed by atoms with Gasteiger partial charge < -0.3 is 10.6 Å². The minimum atomic E-state index is -0.356. The molecule has 0 atom stereocenters. The molecule has 0 heterocycles. The van der Waals surface area contributed by atoms with Gasteiger partial charge in [-0.05, 0) is 37.1 Å². The molecule has 0 spiro atoms. The van der Waals surface area contributed by atoms with Crippen molar-refractivity contribution in [2.24, 2.45) is 5.41 Å². The van der Waals surface area contributed by atoms with Gasteiger partial charge in [0.15, 0.2) is 0 Å². The van der Waals surface area contributed by atoms with Gasteiger partial charge in [0.1, 0.15) is 0 Å². The topological polar surface area (TPSA) is 41.1 Å². The molecule has 3 heteroatoms. The molecule has 1 amide bonds. The number of benzene rings is 1. The van der Waals surface area contributed by atoms with Crippen LogP contribution in [-0.2, 0) is 4.79 Å². The number of hydrogen-bond donors (Lipinski definition) is 2. The van der Waals surface area contributed by atoms with Gasteiger partial charge in [-0.3, -0.25) is 4.79 Å². The molecule has 1 saturated carbocycles. The van der Waals surface area contributed by atoms with E-state index in [0.29, 0.717) is 6.04 Å². The summed E-state index contributed by atoms with van der Waals surface area (Å²) in [5, 5.41) is 6.33. The molecule has 92 valence electrons. The van der Waals surface area contributed by atoms with Gasteiger partial charge in [0.05, 0.1) is 0 Å². The van der Waals surface area contributed by atoms with Gasteiger partial charge >= 0.3 is 0 Å². The van der Waals surface area contributed by atoms with E-state index >= 15 is 0 Å². The van der Waals surface area contributed by atoms with E-state index in [-0.39, 0.29) is 11.3 Å². The average Bonchev–Trinajstić information content (AvgIpc) is 3.03. The van der Waals surface area contributed by atoms with Crippen LogP contribution in [0.25, 0.3) is 0 Å². The molecule has 2 N–H and O–H groups in total. The molecule has 1 aliphatic carbocycles. The number of amides is 1. The summed E-state index contributed by atoms with van der Waals surface area (Å²) in [5.41, 5.74) is 1.62. The second-order valence-electron chi connectivity index (χ2n) is 5.70. The molecule has 1 fully saturated rings. The zero-order valence-corrected chi connectivity index (χ0v) is 10.7. The predicted molar refractivity (Wildman–Crippen MR) is 71.2 cm³/mol. The minimum Gasteiger partial charge on any atom is -0.382 e. The molecular formula is C14H20N2O. The first-order valence-electron chi connectivity index (χ1n) is 6.13. The van der Waals surface area contributed by atoms with Gasteiger partial charge in [-0.25, -0.2) is 0 Å². The SMILES string of the molecule is CC(C)(C)C(=O)Nc1ccc(NC2CC2)cc1. The Hall–Kier alpha value is -1.51. The first-order chi connectivity index (χ1) is 7.95. The molecule has 1 aliphatic rings. The number of carbonyl (C=O) groups excluding carboxylic acids is 1. The van der Waals surface area contributed by atoms with Crippen molar-refractivity contribution in [2.45, 2.75) is 39.7 Å². The lowest BCUT2D eigenvalue weighted by molar-refractivity contribution is -0.123.